The monoisotopic (exact) mass is 146 g/mol. The minimum atomic E-state index is 0.333. The van der Waals surface area contributed by atoms with Gasteiger partial charge in [-0.2, -0.15) is 0 Å². The molecule has 3 heteroatoms. The van der Waals surface area contributed by atoms with Crippen molar-refractivity contribution in [3.8, 4) is 0 Å². The van der Waals surface area contributed by atoms with Gasteiger partial charge in [-0.25, -0.2) is 0 Å². The summed E-state index contributed by atoms with van der Waals surface area (Å²) in [5, 5.41) is 0. The fraction of sp³-hybridized carbons (Fsp3) is 1.00. The fourth-order valence-corrected chi connectivity index (χ4v) is 0.932. The third-order valence-corrected chi connectivity index (χ3v) is 1.57. The maximum Gasteiger partial charge on any atom is 0.146 e. The lowest BCUT2D eigenvalue weighted by Gasteiger charge is -1.97. The molecular formula is C7H14O3. The Bertz CT molecular complexity index is 94.9. The van der Waals surface area contributed by atoms with E-state index >= 15 is 0 Å². The highest BCUT2D eigenvalue weighted by Gasteiger charge is 2.36. The van der Waals surface area contributed by atoms with Crippen LogP contribution in [0.4, 0.5) is 0 Å². The zero-order valence-electron chi connectivity index (χ0n) is 6.50. The maximum atomic E-state index is 5.23. The number of methoxy groups -OCH3 is 1. The minimum Gasteiger partial charge on any atom is -0.367 e. The van der Waals surface area contributed by atoms with Crippen molar-refractivity contribution in [2.45, 2.75) is 25.6 Å². The van der Waals surface area contributed by atoms with E-state index in [0.29, 0.717) is 25.6 Å². The molecule has 0 spiro atoms. The van der Waals surface area contributed by atoms with Gasteiger partial charge in [0.15, 0.2) is 0 Å². The average Bonchev–Trinajstić information content (AvgIpc) is 2.68. The average molecular weight is 146 g/mol. The van der Waals surface area contributed by atoms with Gasteiger partial charge in [0.25, 0.3) is 0 Å². The molecule has 10 heavy (non-hydrogen) atoms. The summed E-state index contributed by atoms with van der Waals surface area (Å²) in [6, 6.07) is 0. The Morgan fingerprint density at radius 1 is 1.40 bits per heavy atom. The van der Waals surface area contributed by atoms with Crippen LogP contribution in [0.5, 0.6) is 0 Å². The molecule has 1 aliphatic heterocycles. The standard InChI is InChI=1S/C7H14O3/c1-3-6-7(10-6)4-9-5-8-2/h6-7H,3-5H2,1-2H3/t6?,7-/m0/s1. The molecule has 0 aromatic rings. The highest BCUT2D eigenvalue weighted by Crippen LogP contribution is 2.24. The molecule has 0 aliphatic carbocycles. The van der Waals surface area contributed by atoms with Gasteiger partial charge >= 0.3 is 0 Å². The van der Waals surface area contributed by atoms with Crippen LogP contribution in [0, 0.1) is 0 Å². The highest BCUT2D eigenvalue weighted by molar-refractivity contribution is 4.82. The largest absolute Gasteiger partial charge is 0.367 e. The normalized spacial score (nSPS) is 30.6. The predicted octanol–water partition coefficient (Wildman–Crippen LogP) is 0.784. The van der Waals surface area contributed by atoms with Crippen molar-refractivity contribution in [3.63, 3.8) is 0 Å². The summed E-state index contributed by atoms with van der Waals surface area (Å²) in [4.78, 5) is 0. The first-order chi connectivity index (χ1) is 4.88. The van der Waals surface area contributed by atoms with E-state index in [2.05, 4.69) is 6.92 Å². The van der Waals surface area contributed by atoms with E-state index in [4.69, 9.17) is 14.2 Å². The molecule has 0 saturated carbocycles. The first-order valence-electron chi connectivity index (χ1n) is 3.60. The van der Waals surface area contributed by atoms with Gasteiger partial charge in [0.05, 0.1) is 12.7 Å². The summed E-state index contributed by atoms with van der Waals surface area (Å²) in [5.74, 6) is 0. The second kappa shape index (κ2) is 3.91. The topological polar surface area (TPSA) is 31.0 Å². The van der Waals surface area contributed by atoms with Crippen molar-refractivity contribution in [2.75, 3.05) is 20.5 Å². The van der Waals surface area contributed by atoms with Crippen LogP contribution in [0.15, 0.2) is 0 Å². The molecule has 1 fully saturated rings. The molecule has 0 radical (unpaired) electrons. The lowest BCUT2D eigenvalue weighted by molar-refractivity contribution is -0.0351. The van der Waals surface area contributed by atoms with Gasteiger partial charge < -0.3 is 14.2 Å². The third kappa shape index (κ3) is 2.25. The third-order valence-electron chi connectivity index (χ3n) is 1.57. The predicted molar refractivity (Wildman–Crippen MR) is 36.8 cm³/mol. The lowest BCUT2D eigenvalue weighted by atomic mass is 10.3. The van der Waals surface area contributed by atoms with Gasteiger partial charge in [-0.15, -0.1) is 0 Å². The smallest absolute Gasteiger partial charge is 0.146 e. The van der Waals surface area contributed by atoms with Crippen molar-refractivity contribution < 1.29 is 14.2 Å². The van der Waals surface area contributed by atoms with Gasteiger partial charge in [-0.3, -0.25) is 0 Å². The van der Waals surface area contributed by atoms with Crippen LogP contribution in [-0.4, -0.2) is 32.7 Å². The molecule has 1 rings (SSSR count). The molecule has 3 nitrogen and oxygen atoms in total. The van der Waals surface area contributed by atoms with E-state index in [-0.39, 0.29) is 0 Å². The van der Waals surface area contributed by atoms with E-state index < -0.39 is 0 Å². The molecule has 0 N–H and O–H groups in total. The molecule has 1 heterocycles. The zero-order valence-corrected chi connectivity index (χ0v) is 6.50. The summed E-state index contributed by atoms with van der Waals surface area (Å²) in [6.07, 6.45) is 1.86. The Kier molecular flexibility index (Phi) is 3.12. The van der Waals surface area contributed by atoms with E-state index in [1.807, 2.05) is 0 Å². The SMILES string of the molecule is CCC1O[C@H]1COCOC. The Balaban J connectivity index is 1.87. The zero-order chi connectivity index (χ0) is 7.40. The lowest BCUT2D eigenvalue weighted by Crippen LogP contribution is -2.06. The van der Waals surface area contributed by atoms with Crippen LogP contribution < -0.4 is 0 Å². The van der Waals surface area contributed by atoms with E-state index in [0.717, 1.165) is 6.42 Å². The molecule has 60 valence electrons. The summed E-state index contributed by atoms with van der Waals surface area (Å²) >= 11 is 0. The number of hydrogen-bond donors (Lipinski definition) is 0. The number of epoxide rings is 1. The van der Waals surface area contributed by atoms with E-state index in [9.17, 15) is 0 Å². The van der Waals surface area contributed by atoms with E-state index in [1.54, 1.807) is 7.11 Å². The Labute approximate surface area is 61.3 Å². The van der Waals surface area contributed by atoms with Gasteiger partial charge in [-0.1, -0.05) is 6.92 Å². The Morgan fingerprint density at radius 2 is 2.20 bits per heavy atom. The number of hydrogen-bond acceptors (Lipinski definition) is 3. The maximum absolute atomic E-state index is 5.23. The van der Waals surface area contributed by atoms with E-state index in [1.165, 1.54) is 0 Å². The van der Waals surface area contributed by atoms with Crippen LogP contribution in [0.2, 0.25) is 0 Å². The van der Waals surface area contributed by atoms with Crippen LogP contribution in [-0.2, 0) is 14.2 Å². The van der Waals surface area contributed by atoms with Crippen LogP contribution in [0.3, 0.4) is 0 Å². The molecule has 0 amide bonds. The number of ether oxygens (including phenoxy) is 3. The molecule has 1 unspecified atom stereocenters. The molecule has 0 aromatic carbocycles. The second-order valence-corrected chi connectivity index (χ2v) is 2.40. The van der Waals surface area contributed by atoms with Gasteiger partial charge in [-0.05, 0) is 6.42 Å². The van der Waals surface area contributed by atoms with Gasteiger partial charge in [0.1, 0.15) is 12.9 Å². The Morgan fingerprint density at radius 3 is 2.70 bits per heavy atom. The fourth-order valence-electron chi connectivity index (χ4n) is 0.932. The molecule has 1 saturated heterocycles. The summed E-state index contributed by atoms with van der Waals surface area (Å²) in [7, 11) is 1.62. The van der Waals surface area contributed by atoms with Crippen molar-refractivity contribution in [3.05, 3.63) is 0 Å². The number of rotatable bonds is 5. The van der Waals surface area contributed by atoms with Crippen LogP contribution in [0.1, 0.15) is 13.3 Å². The molecular weight excluding hydrogens is 132 g/mol. The molecule has 0 bridgehead atoms. The Hall–Kier alpha value is -0.120. The first-order valence-corrected chi connectivity index (χ1v) is 3.60. The van der Waals surface area contributed by atoms with Crippen molar-refractivity contribution >= 4 is 0 Å². The summed E-state index contributed by atoms with van der Waals surface area (Å²) in [6.45, 7) is 3.16. The van der Waals surface area contributed by atoms with Crippen LogP contribution >= 0.6 is 0 Å². The van der Waals surface area contributed by atoms with Crippen molar-refractivity contribution in [2.24, 2.45) is 0 Å². The van der Waals surface area contributed by atoms with Crippen LogP contribution in [0.25, 0.3) is 0 Å². The first kappa shape index (κ1) is 7.98. The molecule has 1 aliphatic rings. The van der Waals surface area contributed by atoms with Gasteiger partial charge in [0, 0.05) is 7.11 Å². The van der Waals surface area contributed by atoms with Crippen molar-refractivity contribution in [1.82, 2.24) is 0 Å². The minimum absolute atomic E-state index is 0.333. The van der Waals surface area contributed by atoms with Gasteiger partial charge in [0.2, 0.25) is 0 Å². The second-order valence-electron chi connectivity index (χ2n) is 2.40. The molecule has 0 aromatic heterocycles. The summed E-state index contributed by atoms with van der Waals surface area (Å²) in [5.41, 5.74) is 0. The summed E-state index contributed by atoms with van der Waals surface area (Å²) < 4.78 is 15.0. The molecule has 2 atom stereocenters. The van der Waals surface area contributed by atoms with Crippen molar-refractivity contribution in [1.29, 1.82) is 0 Å². The quantitative estimate of drug-likeness (QED) is 0.326. The highest BCUT2D eigenvalue weighted by atomic mass is 16.7.